The minimum Gasteiger partial charge on any atom is -0.383 e. The van der Waals surface area contributed by atoms with Crippen LogP contribution in [0.25, 0.3) is 10.8 Å². The number of methoxy groups -OCH3 is 1. The molecule has 0 aromatic heterocycles. The van der Waals surface area contributed by atoms with Crippen LogP contribution in [0.5, 0.6) is 0 Å². The number of rotatable bonds is 5. The average molecular weight is 243 g/mol. The van der Waals surface area contributed by atoms with Crippen LogP contribution in [-0.2, 0) is 4.74 Å². The second kappa shape index (κ2) is 5.98. The Kier molecular flexibility index (Phi) is 4.34. The summed E-state index contributed by atoms with van der Waals surface area (Å²) in [6, 6.07) is 15.8. The molecule has 2 heteroatoms. The Bertz CT molecular complexity index is 509. The van der Waals surface area contributed by atoms with E-state index in [1.807, 2.05) is 0 Å². The van der Waals surface area contributed by atoms with E-state index < -0.39 is 0 Å². The zero-order chi connectivity index (χ0) is 13.0. The standard InChI is InChI=1S/C16H21NO/c1-12(11-18-3)17-13(2)15-9-8-14-6-4-5-7-16(14)10-15/h4-10,12-13,17H,11H2,1-3H3. The van der Waals surface area contributed by atoms with Crippen LogP contribution in [0.1, 0.15) is 25.5 Å². The largest absolute Gasteiger partial charge is 0.383 e. The summed E-state index contributed by atoms with van der Waals surface area (Å²) >= 11 is 0. The molecular weight excluding hydrogens is 222 g/mol. The number of hydrogen-bond acceptors (Lipinski definition) is 2. The molecule has 0 amide bonds. The summed E-state index contributed by atoms with van der Waals surface area (Å²) in [5.41, 5.74) is 1.32. The Morgan fingerprint density at radius 2 is 1.78 bits per heavy atom. The molecule has 2 rings (SSSR count). The Hall–Kier alpha value is -1.38. The third-order valence-electron chi connectivity index (χ3n) is 3.22. The molecule has 0 aliphatic heterocycles. The normalized spacial score (nSPS) is 14.6. The molecule has 0 saturated heterocycles. The van der Waals surface area contributed by atoms with E-state index in [1.54, 1.807) is 7.11 Å². The number of hydrogen-bond donors (Lipinski definition) is 1. The molecule has 1 N–H and O–H groups in total. The Morgan fingerprint density at radius 1 is 1.06 bits per heavy atom. The SMILES string of the molecule is COCC(C)NC(C)c1ccc2ccccc2c1. The van der Waals surface area contributed by atoms with Crippen molar-refractivity contribution >= 4 is 10.8 Å². The second-order valence-corrected chi connectivity index (χ2v) is 4.85. The second-order valence-electron chi connectivity index (χ2n) is 4.85. The van der Waals surface area contributed by atoms with Gasteiger partial charge in [-0.25, -0.2) is 0 Å². The number of benzene rings is 2. The van der Waals surface area contributed by atoms with Gasteiger partial charge in [0.25, 0.3) is 0 Å². The van der Waals surface area contributed by atoms with Crippen LogP contribution in [0.3, 0.4) is 0 Å². The van der Waals surface area contributed by atoms with Crippen LogP contribution in [0.2, 0.25) is 0 Å². The Morgan fingerprint density at radius 3 is 2.50 bits per heavy atom. The topological polar surface area (TPSA) is 21.3 Å². The van der Waals surface area contributed by atoms with Crippen LogP contribution in [-0.4, -0.2) is 19.8 Å². The van der Waals surface area contributed by atoms with Crippen molar-refractivity contribution in [1.29, 1.82) is 0 Å². The van der Waals surface area contributed by atoms with Crippen LogP contribution >= 0.6 is 0 Å². The van der Waals surface area contributed by atoms with Gasteiger partial charge in [0.05, 0.1) is 6.61 Å². The Labute approximate surface area is 109 Å². The first-order chi connectivity index (χ1) is 8.70. The van der Waals surface area contributed by atoms with Gasteiger partial charge >= 0.3 is 0 Å². The van der Waals surface area contributed by atoms with E-state index in [0.717, 1.165) is 6.61 Å². The van der Waals surface area contributed by atoms with Gasteiger partial charge in [0.2, 0.25) is 0 Å². The summed E-state index contributed by atoms with van der Waals surface area (Å²) < 4.78 is 5.15. The summed E-state index contributed by atoms with van der Waals surface area (Å²) in [4.78, 5) is 0. The fourth-order valence-electron chi connectivity index (χ4n) is 2.30. The fraction of sp³-hybridized carbons (Fsp3) is 0.375. The lowest BCUT2D eigenvalue weighted by Gasteiger charge is -2.20. The number of fused-ring (bicyclic) bond motifs is 1. The van der Waals surface area contributed by atoms with E-state index >= 15 is 0 Å². The molecule has 2 unspecified atom stereocenters. The van der Waals surface area contributed by atoms with Crippen molar-refractivity contribution in [3.05, 3.63) is 48.0 Å². The highest BCUT2D eigenvalue weighted by atomic mass is 16.5. The molecule has 2 nitrogen and oxygen atoms in total. The molecule has 2 atom stereocenters. The molecule has 18 heavy (non-hydrogen) atoms. The van der Waals surface area contributed by atoms with Gasteiger partial charge < -0.3 is 10.1 Å². The van der Waals surface area contributed by atoms with Crippen LogP contribution in [0.15, 0.2) is 42.5 Å². The molecule has 0 radical (unpaired) electrons. The predicted octanol–water partition coefficient (Wildman–Crippen LogP) is 3.53. The van der Waals surface area contributed by atoms with Crippen LogP contribution in [0.4, 0.5) is 0 Å². The minimum atomic E-state index is 0.333. The van der Waals surface area contributed by atoms with Gasteiger partial charge in [0, 0.05) is 19.2 Å². The van der Waals surface area contributed by atoms with Crippen molar-refractivity contribution in [3.8, 4) is 0 Å². The van der Waals surface area contributed by atoms with Gasteiger partial charge in [-0.1, -0.05) is 36.4 Å². The van der Waals surface area contributed by atoms with Crippen LogP contribution in [0, 0.1) is 0 Å². The quantitative estimate of drug-likeness (QED) is 0.867. The van der Waals surface area contributed by atoms with Crippen molar-refractivity contribution in [1.82, 2.24) is 5.32 Å². The molecular formula is C16H21NO. The lowest BCUT2D eigenvalue weighted by molar-refractivity contribution is 0.168. The van der Waals surface area contributed by atoms with E-state index in [2.05, 4.69) is 61.6 Å². The first-order valence-corrected chi connectivity index (χ1v) is 6.44. The minimum absolute atomic E-state index is 0.333. The van der Waals surface area contributed by atoms with E-state index in [9.17, 15) is 0 Å². The molecule has 2 aromatic carbocycles. The summed E-state index contributed by atoms with van der Waals surface area (Å²) in [7, 11) is 1.73. The smallest absolute Gasteiger partial charge is 0.0613 e. The highest BCUT2D eigenvalue weighted by Gasteiger charge is 2.09. The highest BCUT2D eigenvalue weighted by molar-refractivity contribution is 5.83. The zero-order valence-corrected chi connectivity index (χ0v) is 11.3. The summed E-state index contributed by atoms with van der Waals surface area (Å²) in [6.45, 7) is 5.06. The third-order valence-corrected chi connectivity index (χ3v) is 3.22. The maximum Gasteiger partial charge on any atom is 0.0613 e. The molecule has 0 saturated carbocycles. The Balaban J connectivity index is 2.15. The van der Waals surface area contributed by atoms with Crippen molar-refractivity contribution in [2.45, 2.75) is 25.9 Å². The van der Waals surface area contributed by atoms with Crippen molar-refractivity contribution in [2.24, 2.45) is 0 Å². The summed E-state index contributed by atoms with van der Waals surface area (Å²) in [5.74, 6) is 0. The molecule has 0 bridgehead atoms. The molecule has 96 valence electrons. The summed E-state index contributed by atoms with van der Waals surface area (Å²) in [5, 5.41) is 6.12. The fourth-order valence-corrected chi connectivity index (χ4v) is 2.30. The average Bonchev–Trinajstić information content (AvgIpc) is 2.38. The molecule has 0 heterocycles. The van der Waals surface area contributed by atoms with Gasteiger partial charge in [-0.15, -0.1) is 0 Å². The maximum absolute atomic E-state index is 5.15. The van der Waals surface area contributed by atoms with Gasteiger partial charge in [-0.3, -0.25) is 0 Å². The van der Waals surface area contributed by atoms with Crippen molar-refractivity contribution < 1.29 is 4.74 Å². The molecule has 2 aromatic rings. The van der Waals surface area contributed by atoms with Gasteiger partial charge in [0.1, 0.15) is 0 Å². The molecule has 0 aliphatic rings. The molecule has 0 spiro atoms. The van der Waals surface area contributed by atoms with Crippen molar-refractivity contribution in [2.75, 3.05) is 13.7 Å². The van der Waals surface area contributed by atoms with E-state index in [1.165, 1.54) is 16.3 Å². The number of nitrogens with one attached hydrogen (secondary N) is 1. The van der Waals surface area contributed by atoms with E-state index in [-0.39, 0.29) is 0 Å². The lowest BCUT2D eigenvalue weighted by Crippen LogP contribution is -2.32. The highest BCUT2D eigenvalue weighted by Crippen LogP contribution is 2.20. The van der Waals surface area contributed by atoms with E-state index in [0.29, 0.717) is 12.1 Å². The lowest BCUT2D eigenvalue weighted by atomic mass is 10.0. The van der Waals surface area contributed by atoms with Gasteiger partial charge in [0.15, 0.2) is 0 Å². The predicted molar refractivity (Wildman–Crippen MR) is 76.8 cm³/mol. The number of ether oxygens (including phenoxy) is 1. The summed E-state index contributed by atoms with van der Waals surface area (Å²) in [6.07, 6.45) is 0. The maximum atomic E-state index is 5.15. The molecule has 0 aliphatic carbocycles. The van der Waals surface area contributed by atoms with Gasteiger partial charge in [-0.05, 0) is 36.2 Å². The van der Waals surface area contributed by atoms with Crippen LogP contribution < -0.4 is 5.32 Å². The van der Waals surface area contributed by atoms with Crippen molar-refractivity contribution in [3.63, 3.8) is 0 Å². The molecule has 0 fully saturated rings. The monoisotopic (exact) mass is 243 g/mol. The first-order valence-electron chi connectivity index (χ1n) is 6.44. The van der Waals surface area contributed by atoms with E-state index in [4.69, 9.17) is 4.74 Å². The third kappa shape index (κ3) is 3.09. The zero-order valence-electron chi connectivity index (χ0n) is 11.3. The first kappa shape index (κ1) is 13.1. The van der Waals surface area contributed by atoms with Gasteiger partial charge in [-0.2, -0.15) is 0 Å².